The van der Waals surface area contributed by atoms with Crippen LogP contribution < -0.4 is 4.72 Å². The van der Waals surface area contributed by atoms with Crippen LogP contribution in [0.4, 0.5) is 0 Å². The van der Waals surface area contributed by atoms with Crippen molar-refractivity contribution in [3.8, 4) is 0 Å². The Balaban J connectivity index is 1.75. The molecule has 0 bridgehead atoms. The Bertz CT molecular complexity index is 657. The van der Waals surface area contributed by atoms with Crippen molar-refractivity contribution in [2.75, 3.05) is 12.3 Å². The summed E-state index contributed by atoms with van der Waals surface area (Å²) >= 11 is 3.29. The standard InChI is InChI=1S/C18H21NO2S2/c1-3-14-5-8-15(9-6-14)22-11-10-19-23-16-7-4-13(2)17(12-16)18(20)21/h4-9,12,19H,3,10-11H2,1-2H3,(H,20,21). The van der Waals surface area contributed by atoms with Crippen molar-refractivity contribution < 1.29 is 9.90 Å². The predicted octanol–water partition coefficient (Wildman–Crippen LogP) is 4.64. The van der Waals surface area contributed by atoms with Crippen LogP contribution in [0.1, 0.15) is 28.4 Å². The Morgan fingerprint density at radius 1 is 1.13 bits per heavy atom. The molecule has 5 heteroatoms. The average Bonchev–Trinajstić information content (AvgIpc) is 2.56. The van der Waals surface area contributed by atoms with E-state index in [1.165, 1.54) is 22.4 Å². The highest BCUT2D eigenvalue weighted by molar-refractivity contribution is 7.99. The molecule has 0 spiro atoms. The van der Waals surface area contributed by atoms with Crippen LogP contribution in [-0.4, -0.2) is 23.4 Å². The molecule has 0 saturated heterocycles. The van der Waals surface area contributed by atoms with Gasteiger partial charge in [0, 0.05) is 22.1 Å². The lowest BCUT2D eigenvalue weighted by molar-refractivity contribution is 0.0696. The first-order valence-corrected chi connectivity index (χ1v) is 9.35. The molecule has 0 radical (unpaired) electrons. The van der Waals surface area contributed by atoms with Crippen LogP contribution in [0.2, 0.25) is 0 Å². The Morgan fingerprint density at radius 2 is 1.83 bits per heavy atom. The number of carbonyl (C=O) groups is 1. The molecule has 2 N–H and O–H groups in total. The van der Waals surface area contributed by atoms with Gasteiger partial charge in [0.2, 0.25) is 0 Å². The number of rotatable bonds is 8. The van der Waals surface area contributed by atoms with Crippen molar-refractivity contribution in [1.29, 1.82) is 0 Å². The lowest BCUT2D eigenvalue weighted by Gasteiger charge is -2.07. The fourth-order valence-electron chi connectivity index (χ4n) is 2.06. The minimum Gasteiger partial charge on any atom is -0.478 e. The molecule has 0 aromatic heterocycles. The zero-order valence-corrected chi connectivity index (χ0v) is 15.0. The Hall–Kier alpha value is -1.43. The molecular formula is C18H21NO2S2. The van der Waals surface area contributed by atoms with Crippen molar-refractivity contribution in [3.63, 3.8) is 0 Å². The van der Waals surface area contributed by atoms with E-state index in [0.717, 1.165) is 29.2 Å². The SMILES string of the molecule is CCc1ccc(SCCNSc2ccc(C)c(C(=O)O)c2)cc1. The van der Waals surface area contributed by atoms with E-state index in [2.05, 4.69) is 35.9 Å². The summed E-state index contributed by atoms with van der Waals surface area (Å²) in [7, 11) is 0. The number of hydrogen-bond donors (Lipinski definition) is 2. The van der Waals surface area contributed by atoms with Crippen molar-refractivity contribution in [2.45, 2.75) is 30.1 Å². The smallest absolute Gasteiger partial charge is 0.335 e. The van der Waals surface area contributed by atoms with E-state index < -0.39 is 5.97 Å². The van der Waals surface area contributed by atoms with Gasteiger partial charge >= 0.3 is 5.97 Å². The Kier molecular flexibility index (Phi) is 7.02. The highest BCUT2D eigenvalue weighted by Crippen LogP contribution is 2.21. The van der Waals surface area contributed by atoms with Gasteiger partial charge in [-0.05, 0) is 60.7 Å². The molecule has 0 aliphatic carbocycles. The Labute approximate surface area is 146 Å². The molecular weight excluding hydrogens is 326 g/mol. The van der Waals surface area contributed by atoms with Crippen molar-refractivity contribution in [2.24, 2.45) is 0 Å². The van der Waals surface area contributed by atoms with Crippen LogP contribution in [0.15, 0.2) is 52.3 Å². The summed E-state index contributed by atoms with van der Waals surface area (Å²) in [6, 6.07) is 14.2. The van der Waals surface area contributed by atoms with Crippen LogP contribution in [0.25, 0.3) is 0 Å². The molecule has 0 aliphatic rings. The summed E-state index contributed by atoms with van der Waals surface area (Å²) in [5.74, 6) is 0.0897. The number of thioether (sulfide) groups is 1. The zero-order valence-electron chi connectivity index (χ0n) is 13.3. The zero-order chi connectivity index (χ0) is 16.7. The lowest BCUT2D eigenvalue weighted by atomic mass is 10.1. The molecule has 23 heavy (non-hydrogen) atoms. The number of benzene rings is 2. The highest BCUT2D eigenvalue weighted by Gasteiger charge is 2.07. The van der Waals surface area contributed by atoms with E-state index in [4.69, 9.17) is 5.11 Å². The number of carboxylic acids is 1. The third-order valence-corrected chi connectivity index (χ3v) is 5.29. The van der Waals surface area contributed by atoms with Crippen LogP contribution >= 0.6 is 23.7 Å². The fourth-order valence-corrected chi connectivity index (χ4v) is 3.64. The number of aromatic carboxylic acids is 1. The minimum absolute atomic E-state index is 0.363. The molecule has 0 saturated carbocycles. The van der Waals surface area contributed by atoms with E-state index in [9.17, 15) is 4.79 Å². The molecule has 2 rings (SSSR count). The van der Waals surface area contributed by atoms with E-state index in [1.807, 2.05) is 30.8 Å². The summed E-state index contributed by atoms with van der Waals surface area (Å²) in [5.41, 5.74) is 2.51. The second kappa shape index (κ2) is 9.01. The second-order valence-corrected chi connectivity index (χ2v) is 7.26. The molecule has 0 aliphatic heterocycles. The molecule has 122 valence electrons. The molecule has 0 amide bonds. The van der Waals surface area contributed by atoms with E-state index >= 15 is 0 Å². The quantitative estimate of drug-likeness (QED) is 0.414. The van der Waals surface area contributed by atoms with Crippen LogP contribution in [0, 0.1) is 6.92 Å². The van der Waals surface area contributed by atoms with Crippen LogP contribution in [-0.2, 0) is 6.42 Å². The van der Waals surface area contributed by atoms with Gasteiger partial charge in [-0.2, -0.15) is 0 Å². The van der Waals surface area contributed by atoms with Gasteiger partial charge in [0.1, 0.15) is 0 Å². The molecule has 0 fully saturated rings. The first kappa shape index (κ1) is 17.9. The highest BCUT2D eigenvalue weighted by atomic mass is 32.2. The third kappa shape index (κ3) is 5.61. The third-order valence-electron chi connectivity index (χ3n) is 3.43. The Morgan fingerprint density at radius 3 is 2.48 bits per heavy atom. The van der Waals surface area contributed by atoms with E-state index in [-0.39, 0.29) is 0 Å². The maximum Gasteiger partial charge on any atom is 0.335 e. The van der Waals surface area contributed by atoms with Crippen molar-refractivity contribution >= 4 is 29.7 Å². The van der Waals surface area contributed by atoms with Crippen molar-refractivity contribution in [3.05, 3.63) is 59.2 Å². The van der Waals surface area contributed by atoms with Gasteiger partial charge in [-0.15, -0.1) is 11.8 Å². The first-order valence-electron chi connectivity index (χ1n) is 7.55. The molecule has 0 unspecified atom stereocenters. The summed E-state index contributed by atoms with van der Waals surface area (Å²) in [4.78, 5) is 13.3. The van der Waals surface area contributed by atoms with Gasteiger partial charge in [0.15, 0.2) is 0 Å². The fraction of sp³-hybridized carbons (Fsp3) is 0.278. The molecule has 0 atom stereocenters. The largest absolute Gasteiger partial charge is 0.478 e. The van der Waals surface area contributed by atoms with Gasteiger partial charge in [0.05, 0.1) is 5.56 Å². The van der Waals surface area contributed by atoms with Gasteiger partial charge < -0.3 is 5.11 Å². The first-order chi connectivity index (χ1) is 11.1. The summed E-state index contributed by atoms with van der Waals surface area (Å²) in [6.07, 6.45) is 1.07. The van der Waals surface area contributed by atoms with Gasteiger partial charge in [-0.25, -0.2) is 4.79 Å². The maximum absolute atomic E-state index is 11.1. The minimum atomic E-state index is -0.879. The number of aryl methyl sites for hydroxylation is 2. The lowest BCUT2D eigenvalue weighted by Crippen LogP contribution is -2.08. The van der Waals surface area contributed by atoms with Crippen molar-refractivity contribution in [1.82, 2.24) is 4.72 Å². The molecule has 0 heterocycles. The van der Waals surface area contributed by atoms with Crippen LogP contribution in [0.5, 0.6) is 0 Å². The molecule has 2 aromatic rings. The molecule has 2 aromatic carbocycles. The molecule has 3 nitrogen and oxygen atoms in total. The normalized spacial score (nSPS) is 10.7. The predicted molar refractivity (Wildman–Crippen MR) is 98.5 cm³/mol. The van der Waals surface area contributed by atoms with E-state index in [1.54, 1.807) is 6.07 Å². The monoisotopic (exact) mass is 347 g/mol. The van der Waals surface area contributed by atoms with Crippen LogP contribution in [0.3, 0.4) is 0 Å². The van der Waals surface area contributed by atoms with Gasteiger partial charge in [-0.1, -0.05) is 25.1 Å². The van der Waals surface area contributed by atoms with Gasteiger partial charge in [0.25, 0.3) is 0 Å². The topological polar surface area (TPSA) is 49.3 Å². The van der Waals surface area contributed by atoms with E-state index in [0.29, 0.717) is 5.56 Å². The van der Waals surface area contributed by atoms with Gasteiger partial charge in [-0.3, -0.25) is 4.72 Å². The summed E-state index contributed by atoms with van der Waals surface area (Å²) in [6.45, 7) is 4.82. The average molecular weight is 348 g/mol. The summed E-state index contributed by atoms with van der Waals surface area (Å²) < 4.78 is 3.28. The second-order valence-electron chi connectivity index (χ2n) is 5.12. The number of carboxylic acid groups (broad SMARTS) is 1. The summed E-state index contributed by atoms with van der Waals surface area (Å²) in [5, 5.41) is 9.13. The number of hydrogen-bond acceptors (Lipinski definition) is 4. The number of nitrogens with one attached hydrogen (secondary N) is 1. The maximum atomic E-state index is 11.1.